The van der Waals surface area contributed by atoms with Gasteiger partial charge in [0.2, 0.25) is 18.6 Å². The molecule has 6 rings (SSSR count). The molecule has 0 bridgehead atoms. The van der Waals surface area contributed by atoms with Crippen molar-refractivity contribution in [3.63, 3.8) is 0 Å². The van der Waals surface area contributed by atoms with Crippen LogP contribution in [-0.4, -0.2) is 59.9 Å². The van der Waals surface area contributed by atoms with Crippen LogP contribution in [-0.2, 0) is 19.7 Å². The van der Waals surface area contributed by atoms with Crippen molar-refractivity contribution in [1.82, 2.24) is 15.1 Å². The first-order valence-electron chi connectivity index (χ1n) is 14.1. The molecule has 9 nitrogen and oxygen atoms in total. The number of hydrogen-bond donors (Lipinski definition) is 1. The molecule has 2 amide bonds. The molecule has 0 saturated carbocycles. The number of aromatic nitrogens is 2. The normalized spacial score (nSPS) is 20.2. The van der Waals surface area contributed by atoms with Crippen LogP contribution in [0, 0.1) is 6.92 Å². The number of aryl methyl sites for hydroxylation is 1. The fourth-order valence-corrected chi connectivity index (χ4v) is 6.80. The van der Waals surface area contributed by atoms with Crippen molar-refractivity contribution >= 4 is 29.4 Å². The Morgan fingerprint density at radius 2 is 1.95 bits per heavy atom. The van der Waals surface area contributed by atoms with E-state index in [0.29, 0.717) is 23.9 Å². The lowest BCUT2D eigenvalue weighted by molar-refractivity contribution is -0.123. The summed E-state index contributed by atoms with van der Waals surface area (Å²) in [4.78, 5) is 28.8. The molecule has 0 spiro atoms. The number of thioether (sulfide) groups is 1. The molecule has 2 atom stereocenters. The number of fused-ring (bicyclic) bond motifs is 2. The molecule has 1 saturated heterocycles. The van der Waals surface area contributed by atoms with E-state index in [1.165, 1.54) is 0 Å². The third-order valence-electron chi connectivity index (χ3n) is 7.70. The molecule has 216 valence electrons. The van der Waals surface area contributed by atoms with Gasteiger partial charge in [0.15, 0.2) is 11.5 Å². The number of rotatable bonds is 6. The summed E-state index contributed by atoms with van der Waals surface area (Å²) in [5, 5.41) is 7.97. The van der Waals surface area contributed by atoms with Crippen LogP contribution in [0.2, 0.25) is 0 Å². The molecule has 10 heteroatoms. The van der Waals surface area contributed by atoms with E-state index in [1.807, 2.05) is 54.1 Å². The van der Waals surface area contributed by atoms with Gasteiger partial charge < -0.3 is 19.5 Å². The largest absolute Gasteiger partial charge is 0.454 e. The van der Waals surface area contributed by atoms with Crippen LogP contribution in [0.3, 0.4) is 0 Å². The number of para-hydroxylation sites is 1. The van der Waals surface area contributed by atoms with Crippen molar-refractivity contribution in [2.24, 2.45) is 0 Å². The molecule has 0 unspecified atom stereocenters. The van der Waals surface area contributed by atoms with E-state index in [2.05, 4.69) is 26.1 Å². The van der Waals surface area contributed by atoms with Crippen LogP contribution in [0.4, 0.5) is 5.82 Å². The highest BCUT2D eigenvalue weighted by molar-refractivity contribution is 8.00. The molecule has 1 fully saturated rings. The first kappa shape index (κ1) is 27.7. The Bertz CT molecular complexity index is 1470. The second-order valence-corrected chi connectivity index (χ2v) is 12.9. The van der Waals surface area contributed by atoms with E-state index in [9.17, 15) is 9.59 Å². The van der Waals surface area contributed by atoms with Gasteiger partial charge in [0, 0.05) is 24.1 Å². The predicted molar refractivity (Wildman–Crippen MR) is 158 cm³/mol. The van der Waals surface area contributed by atoms with Gasteiger partial charge in [-0.3, -0.25) is 14.5 Å². The minimum atomic E-state index is -0.339. The molecule has 0 radical (unpaired) electrons. The van der Waals surface area contributed by atoms with Crippen LogP contribution in [0.15, 0.2) is 42.5 Å². The Kier molecular flexibility index (Phi) is 7.46. The van der Waals surface area contributed by atoms with E-state index in [4.69, 9.17) is 19.3 Å². The number of amides is 2. The Morgan fingerprint density at radius 3 is 2.71 bits per heavy atom. The van der Waals surface area contributed by atoms with Gasteiger partial charge in [-0.2, -0.15) is 5.10 Å². The average Bonchev–Trinajstić information content (AvgIpc) is 3.69. The highest BCUT2D eigenvalue weighted by atomic mass is 32.2. The summed E-state index contributed by atoms with van der Waals surface area (Å²) in [6.45, 7) is 9.66. The summed E-state index contributed by atoms with van der Waals surface area (Å²) in [5.74, 6) is 1.88. The molecule has 3 aromatic rings. The number of ether oxygens (including phenoxy) is 3. The predicted octanol–water partition coefficient (Wildman–Crippen LogP) is 4.67. The van der Waals surface area contributed by atoms with Crippen LogP contribution in [0.25, 0.3) is 5.69 Å². The van der Waals surface area contributed by atoms with Crippen molar-refractivity contribution in [2.75, 3.05) is 37.1 Å². The van der Waals surface area contributed by atoms with Gasteiger partial charge in [-0.25, -0.2) is 4.68 Å². The lowest BCUT2D eigenvalue weighted by Gasteiger charge is -2.25. The Balaban J connectivity index is 1.49. The Hall–Kier alpha value is -3.50. The van der Waals surface area contributed by atoms with Crippen LogP contribution in [0.1, 0.15) is 61.2 Å². The van der Waals surface area contributed by atoms with Crippen molar-refractivity contribution < 1.29 is 23.8 Å². The van der Waals surface area contributed by atoms with Gasteiger partial charge in [-0.05, 0) is 49.1 Å². The maximum atomic E-state index is 13.9. The van der Waals surface area contributed by atoms with Crippen molar-refractivity contribution in [1.29, 1.82) is 0 Å². The number of hydrogen-bond acceptors (Lipinski definition) is 7. The molecule has 41 heavy (non-hydrogen) atoms. The average molecular weight is 577 g/mol. The smallest absolute Gasteiger partial charge is 0.240 e. The van der Waals surface area contributed by atoms with Crippen LogP contribution < -0.4 is 19.7 Å². The summed E-state index contributed by atoms with van der Waals surface area (Å²) >= 11 is 1.55. The lowest BCUT2D eigenvalue weighted by atomic mass is 9.87. The van der Waals surface area contributed by atoms with Gasteiger partial charge in [-0.15, -0.1) is 11.8 Å². The Labute approximate surface area is 244 Å². The number of nitrogens with zero attached hydrogens (tertiary/aromatic N) is 3. The monoisotopic (exact) mass is 576 g/mol. The minimum absolute atomic E-state index is 0.0188. The first-order valence-corrected chi connectivity index (χ1v) is 15.1. The molecule has 3 aliphatic rings. The zero-order chi connectivity index (χ0) is 28.7. The molecule has 2 aromatic carbocycles. The van der Waals surface area contributed by atoms with Gasteiger partial charge in [-0.1, -0.05) is 45.0 Å². The molecule has 3 aliphatic heterocycles. The molecule has 0 aliphatic carbocycles. The minimum Gasteiger partial charge on any atom is -0.454 e. The number of anilines is 1. The second kappa shape index (κ2) is 11.1. The standard InChI is InChI=1S/C31H36N4O5S/c1-19-8-5-6-10-22(19)35-30-27(29(33-35)31(2,3)4)28(20-11-12-23-24(14-20)40-18-39-23)41-17-26(37)34(30)16-25(36)32-15-21-9-7-13-38-21/h5-6,8,10-12,14,21,28H,7,9,13,15-18H2,1-4H3,(H,32,36)/t21-,28-/m0/s1. The fraction of sp³-hybridized carbons (Fsp3) is 0.452. The zero-order valence-corrected chi connectivity index (χ0v) is 24.8. The highest BCUT2D eigenvalue weighted by Crippen LogP contribution is 2.50. The zero-order valence-electron chi connectivity index (χ0n) is 23.9. The maximum absolute atomic E-state index is 13.9. The van der Waals surface area contributed by atoms with Crippen molar-refractivity contribution in [3.8, 4) is 17.2 Å². The lowest BCUT2D eigenvalue weighted by Crippen LogP contribution is -2.44. The maximum Gasteiger partial charge on any atom is 0.240 e. The van der Waals surface area contributed by atoms with Crippen molar-refractivity contribution in [3.05, 3.63) is 64.8 Å². The Morgan fingerprint density at radius 1 is 1.15 bits per heavy atom. The molecule has 1 aromatic heterocycles. The summed E-state index contributed by atoms with van der Waals surface area (Å²) in [6, 6.07) is 13.9. The van der Waals surface area contributed by atoms with Crippen LogP contribution in [0.5, 0.6) is 11.5 Å². The number of carbonyl (C=O) groups excluding carboxylic acids is 2. The molecular weight excluding hydrogens is 540 g/mol. The molecular formula is C31H36N4O5S. The van der Waals surface area contributed by atoms with Gasteiger partial charge in [0.05, 0.1) is 28.5 Å². The van der Waals surface area contributed by atoms with Crippen molar-refractivity contribution in [2.45, 2.75) is 57.3 Å². The summed E-state index contributed by atoms with van der Waals surface area (Å²) in [7, 11) is 0. The van der Waals surface area contributed by atoms with E-state index < -0.39 is 0 Å². The summed E-state index contributed by atoms with van der Waals surface area (Å²) < 4.78 is 18.8. The van der Waals surface area contributed by atoms with Crippen LogP contribution >= 0.6 is 11.8 Å². The van der Waals surface area contributed by atoms with Gasteiger partial charge in [0.25, 0.3) is 0 Å². The highest BCUT2D eigenvalue weighted by Gasteiger charge is 2.40. The summed E-state index contributed by atoms with van der Waals surface area (Å²) in [5.41, 5.74) is 4.35. The molecule has 1 N–H and O–H groups in total. The third kappa shape index (κ3) is 5.42. The van der Waals surface area contributed by atoms with E-state index in [0.717, 1.165) is 47.5 Å². The number of carbonyl (C=O) groups is 2. The number of benzene rings is 2. The molecule has 4 heterocycles. The van der Waals surface area contributed by atoms with E-state index >= 15 is 0 Å². The topological polar surface area (TPSA) is 94.9 Å². The number of nitrogens with one attached hydrogen (secondary N) is 1. The fourth-order valence-electron chi connectivity index (χ4n) is 5.61. The van der Waals surface area contributed by atoms with E-state index in [-0.39, 0.29) is 47.7 Å². The third-order valence-corrected chi connectivity index (χ3v) is 8.95. The van der Waals surface area contributed by atoms with Gasteiger partial charge >= 0.3 is 0 Å². The first-order chi connectivity index (χ1) is 19.7. The summed E-state index contributed by atoms with van der Waals surface area (Å²) in [6.07, 6.45) is 1.94. The SMILES string of the molecule is Cc1ccccc1-n1nc(C(C)(C)C)c2c1N(CC(=O)NC[C@@H]1CCCO1)C(=O)CS[C@H]2c1ccc2c(c1)OCO2. The quantitative estimate of drug-likeness (QED) is 0.456. The van der Waals surface area contributed by atoms with Gasteiger partial charge in [0.1, 0.15) is 12.4 Å². The van der Waals surface area contributed by atoms with E-state index in [1.54, 1.807) is 16.7 Å². The second-order valence-electron chi connectivity index (χ2n) is 11.8.